The van der Waals surface area contributed by atoms with Crippen LogP contribution in [0.15, 0.2) is 5.16 Å². The molecule has 0 radical (unpaired) electrons. The second kappa shape index (κ2) is 8.04. The number of hydrogen-bond acceptors (Lipinski definition) is 8. The third-order valence-corrected chi connectivity index (χ3v) is 5.61. The Labute approximate surface area is 148 Å². The number of anilines is 1. The Morgan fingerprint density at radius 3 is 3.00 bits per heavy atom. The van der Waals surface area contributed by atoms with E-state index in [1.54, 1.807) is 0 Å². The average molecular weight is 368 g/mol. The van der Waals surface area contributed by atoms with Crippen LogP contribution >= 0.6 is 23.1 Å². The molecule has 1 fully saturated rings. The standard InChI is InChI=1S/C14H20N6O2S2/c1-3-12-17-18-13(24-12)15-11(21)8-23-14-19-16-9(2)20(14)7-10-5-4-6-22-10/h10H,3-8H2,1-2H3,(H,15,18,21). The summed E-state index contributed by atoms with van der Waals surface area (Å²) in [7, 11) is 0. The molecule has 130 valence electrons. The second-order valence-corrected chi connectivity index (χ2v) is 7.47. The van der Waals surface area contributed by atoms with Gasteiger partial charge in [-0.1, -0.05) is 30.0 Å². The number of carbonyl (C=O) groups is 1. The van der Waals surface area contributed by atoms with Gasteiger partial charge in [0.15, 0.2) is 5.16 Å². The molecule has 1 aliphatic heterocycles. The van der Waals surface area contributed by atoms with Crippen LogP contribution < -0.4 is 5.32 Å². The van der Waals surface area contributed by atoms with Crippen LogP contribution in [0.3, 0.4) is 0 Å². The Kier molecular flexibility index (Phi) is 5.80. The Bertz CT molecular complexity index is 695. The van der Waals surface area contributed by atoms with Crippen molar-refractivity contribution in [3.63, 3.8) is 0 Å². The maximum absolute atomic E-state index is 12.1. The van der Waals surface area contributed by atoms with Crippen molar-refractivity contribution in [3.05, 3.63) is 10.8 Å². The number of nitrogens with zero attached hydrogens (tertiary/aromatic N) is 5. The van der Waals surface area contributed by atoms with E-state index >= 15 is 0 Å². The zero-order chi connectivity index (χ0) is 16.9. The lowest BCUT2D eigenvalue weighted by atomic mass is 10.2. The molecule has 0 aromatic carbocycles. The van der Waals surface area contributed by atoms with Crippen molar-refractivity contribution in [2.75, 3.05) is 17.7 Å². The summed E-state index contributed by atoms with van der Waals surface area (Å²) in [5.41, 5.74) is 0. The van der Waals surface area contributed by atoms with Crippen LogP contribution in [0.2, 0.25) is 0 Å². The predicted molar refractivity (Wildman–Crippen MR) is 92.4 cm³/mol. The highest BCUT2D eigenvalue weighted by molar-refractivity contribution is 7.99. The minimum absolute atomic E-state index is 0.122. The Morgan fingerprint density at radius 2 is 2.29 bits per heavy atom. The summed E-state index contributed by atoms with van der Waals surface area (Å²) in [6, 6.07) is 0. The van der Waals surface area contributed by atoms with Crippen LogP contribution in [-0.2, 0) is 22.5 Å². The van der Waals surface area contributed by atoms with E-state index in [0.29, 0.717) is 5.13 Å². The SMILES string of the molecule is CCc1nnc(NC(=O)CSc2nnc(C)n2CC2CCCO2)s1. The van der Waals surface area contributed by atoms with Gasteiger partial charge in [0, 0.05) is 6.61 Å². The van der Waals surface area contributed by atoms with E-state index < -0.39 is 0 Å². The molecule has 0 aliphatic carbocycles. The number of aryl methyl sites for hydroxylation is 2. The van der Waals surface area contributed by atoms with Crippen molar-refractivity contribution in [2.45, 2.75) is 50.9 Å². The van der Waals surface area contributed by atoms with Gasteiger partial charge in [-0.25, -0.2) is 0 Å². The molecular formula is C14H20N6O2S2. The van der Waals surface area contributed by atoms with Crippen molar-refractivity contribution in [1.29, 1.82) is 0 Å². The lowest BCUT2D eigenvalue weighted by molar-refractivity contribution is -0.113. The molecule has 1 saturated heterocycles. The van der Waals surface area contributed by atoms with Crippen molar-refractivity contribution >= 4 is 34.1 Å². The van der Waals surface area contributed by atoms with Crippen LogP contribution in [0.1, 0.15) is 30.6 Å². The predicted octanol–water partition coefficient (Wildman–Crippen LogP) is 1.91. The van der Waals surface area contributed by atoms with Crippen LogP contribution in [0, 0.1) is 6.92 Å². The number of carbonyl (C=O) groups excluding carboxylic acids is 1. The summed E-state index contributed by atoms with van der Waals surface area (Å²) in [6.45, 7) is 5.47. The van der Waals surface area contributed by atoms with Crippen LogP contribution in [0.5, 0.6) is 0 Å². The van der Waals surface area contributed by atoms with Crippen molar-refractivity contribution in [1.82, 2.24) is 25.0 Å². The first-order chi connectivity index (χ1) is 11.7. The first kappa shape index (κ1) is 17.3. The summed E-state index contributed by atoms with van der Waals surface area (Å²) in [4.78, 5) is 12.1. The lowest BCUT2D eigenvalue weighted by Gasteiger charge is -2.13. The summed E-state index contributed by atoms with van der Waals surface area (Å²) < 4.78 is 7.70. The maximum Gasteiger partial charge on any atom is 0.236 e. The molecule has 1 unspecified atom stereocenters. The lowest BCUT2D eigenvalue weighted by Crippen LogP contribution is -2.18. The highest BCUT2D eigenvalue weighted by atomic mass is 32.2. The van der Waals surface area contributed by atoms with Gasteiger partial charge in [0.2, 0.25) is 11.0 Å². The molecule has 10 heteroatoms. The summed E-state index contributed by atoms with van der Waals surface area (Å²) in [5, 5.41) is 21.2. The van der Waals surface area contributed by atoms with Gasteiger partial charge in [0.05, 0.1) is 18.4 Å². The van der Waals surface area contributed by atoms with Gasteiger partial charge in [-0.05, 0) is 26.2 Å². The number of aromatic nitrogens is 5. The molecular weight excluding hydrogens is 348 g/mol. The minimum atomic E-state index is -0.122. The Hall–Kier alpha value is -1.52. The number of rotatable bonds is 7. The summed E-state index contributed by atoms with van der Waals surface area (Å²) >= 11 is 2.77. The first-order valence-corrected chi connectivity index (χ1v) is 9.72. The molecule has 0 saturated carbocycles. The quantitative estimate of drug-likeness (QED) is 0.746. The fourth-order valence-electron chi connectivity index (χ4n) is 2.40. The van der Waals surface area contributed by atoms with E-state index in [0.717, 1.165) is 48.4 Å². The van der Waals surface area contributed by atoms with Crippen molar-refractivity contribution < 1.29 is 9.53 Å². The molecule has 0 bridgehead atoms. The third kappa shape index (κ3) is 4.31. The van der Waals surface area contributed by atoms with E-state index in [1.165, 1.54) is 23.1 Å². The maximum atomic E-state index is 12.1. The highest BCUT2D eigenvalue weighted by Crippen LogP contribution is 2.22. The van der Waals surface area contributed by atoms with E-state index in [9.17, 15) is 4.79 Å². The molecule has 24 heavy (non-hydrogen) atoms. The number of nitrogens with one attached hydrogen (secondary N) is 1. The van der Waals surface area contributed by atoms with Crippen LogP contribution in [0.25, 0.3) is 0 Å². The fourth-order valence-corrected chi connectivity index (χ4v) is 3.89. The van der Waals surface area contributed by atoms with E-state index in [4.69, 9.17) is 4.74 Å². The third-order valence-electron chi connectivity index (χ3n) is 3.66. The number of hydrogen-bond donors (Lipinski definition) is 1. The zero-order valence-electron chi connectivity index (χ0n) is 13.7. The van der Waals surface area contributed by atoms with Gasteiger partial charge in [0.1, 0.15) is 10.8 Å². The molecule has 1 N–H and O–H groups in total. The van der Waals surface area contributed by atoms with Gasteiger partial charge in [0.25, 0.3) is 0 Å². The molecule has 0 spiro atoms. The van der Waals surface area contributed by atoms with Gasteiger partial charge >= 0.3 is 0 Å². The van der Waals surface area contributed by atoms with Gasteiger partial charge in [-0.15, -0.1) is 20.4 Å². The number of ether oxygens (including phenoxy) is 1. The average Bonchev–Trinajstić information content (AvgIpc) is 3.30. The minimum Gasteiger partial charge on any atom is -0.376 e. The molecule has 1 aliphatic rings. The highest BCUT2D eigenvalue weighted by Gasteiger charge is 2.20. The van der Waals surface area contributed by atoms with Crippen molar-refractivity contribution in [3.8, 4) is 0 Å². The van der Waals surface area contributed by atoms with E-state index in [2.05, 4.69) is 25.7 Å². The van der Waals surface area contributed by atoms with E-state index in [1.807, 2.05) is 18.4 Å². The summed E-state index contributed by atoms with van der Waals surface area (Å²) in [5.74, 6) is 0.971. The molecule has 1 amide bonds. The molecule has 3 heterocycles. The molecule has 1 atom stereocenters. The van der Waals surface area contributed by atoms with Gasteiger partial charge < -0.3 is 9.30 Å². The van der Waals surface area contributed by atoms with Crippen molar-refractivity contribution in [2.24, 2.45) is 0 Å². The first-order valence-electron chi connectivity index (χ1n) is 7.92. The van der Waals surface area contributed by atoms with Gasteiger partial charge in [-0.2, -0.15) is 0 Å². The monoisotopic (exact) mass is 368 g/mol. The fraction of sp³-hybridized carbons (Fsp3) is 0.643. The van der Waals surface area contributed by atoms with Gasteiger partial charge in [-0.3, -0.25) is 10.1 Å². The number of thioether (sulfide) groups is 1. The Morgan fingerprint density at radius 1 is 1.42 bits per heavy atom. The molecule has 2 aromatic rings. The molecule has 8 nitrogen and oxygen atoms in total. The van der Waals surface area contributed by atoms with Crippen LogP contribution in [-0.4, -0.2) is 49.3 Å². The largest absolute Gasteiger partial charge is 0.376 e. The van der Waals surface area contributed by atoms with Crippen LogP contribution in [0.4, 0.5) is 5.13 Å². The topological polar surface area (TPSA) is 94.8 Å². The number of amides is 1. The van der Waals surface area contributed by atoms with E-state index in [-0.39, 0.29) is 17.8 Å². The summed E-state index contributed by atoms with van der Waals surface area (Å²) in [6.07, 6.45) is 3.17. The molecule has 3 rings (SSSR count). The second-order valence-electron chi connectivity index (χ2n) is 5.47. The normalized spacial score (nSPS) is 17.3. The Balaban J connectivity index is 1.54. The zero-order valence-corrected chi connectivity index (χ0v) is 15.3. The molecule has 2 aromatic heterocycles. The smallest absolute Gasteiger partial charge is 0.236 e.